The van der Waals surface area contributed by atoms with E-state index >= 15 is 0 Å². The maximum Gasteiger partial charge on any atom is 0.274 e. The second kappa shape index (κ2) is 9.18. The highest BCUT2D eigenvalue weighted by Gasteiger charge is 2.28. The van der Waals surface area contributed by atoms with Crippen molar-refractivity contribution < 1.29 is 14.3 Å². The van der Waals surface area contributed by atoms with Gasteiger partial charge in [0.2, 0.25) is 0 Å². The molecule has 7 nitrogen and oxygen atoms in total. The van der Waals surface area contributed by atoms with Gasteiger partial charge < -0.3 is 14.4 Å². The molecule has 2 fully saturated rings. The summed E-state index contributed by atoms with van der Waals surface area (Å²) in [6, 6.07) is 9.44. The zero-order valence-electron chi connectivity index (χ0n) is 18.2. The van der Waals surface area contributed by atoms with Crippen molar-refractivity contribution in [3.63, 3.8) is 0 Å². The molecule has 0 radical (unpaired) electrons. The minimum Gasteiger partial charge on any atom is -0.497 e. The number of nitrogens with zero attached hydrogens (tertiary/aromatic N) is 4. The average Bonchev–Trinajstić information content (AvgIpc) is 3.23. The molecule has 0 aliphatic carbocycles. The molecule has 0 bridgehead atoms. The normalized spacial score (nSPS) is 23.5. The second-order valence-electron chi connectivity index (χ2n) is 8.56. The van der Waals surface area contributed by atoms with E-state index in [1.165, 1.54) is 0 Å². The summed E-state index contributed by atoms with van der Waals surface area (Å²) in [5.74, 6) is 1.46. The number of benzene rings is 1. The van der Waals surface area contributed by atoms with Crippen LogP contribution in [0.3, 0.4) is 0 Å². The highest BCUT2D eigenvalue weighted by atomic mass is 16.5. The first-order chi connectivity index (χ1) is 14.5. The third-order valence-electron chi connectivity index (χ3n) is 6.06. The lowest BCUT2D eigenvalue weighted by atomic mass is 9.95. The molecule has 2 atom stereocenters. The molecule has 2 unspecified atom stereocenters. The van der Waals surface area contributed by atoms with Gasteiger partial charge in [0.25, 0.3) is 5.91 Å². The van der Waals surface area contributed by atoms with Crippen LogP contribution in [0.1, 0.15) is 37.2 Å². The smallest absolute Gasteiger partial charge is 0.274 e. The minimum absolute atomic E-state index is 0.0225. The van der Waals surface area contributed by atoms with Gasteiger partial charge in [-0.05, 0) is 62.9 Å². The van der Waals surface area contributed by atoms with Gasteiger partial charge >= 0.3 is 0 Å². The minimum atomic E-state index is 0.0225. The molecule has 7 heteroatoms. The summed E-state index contributed by atoms with van der Waals surface area (Å²) in [4.78, 5) is 17.4. The molecule has 0 spiro atoms. The van der Waals surface area contributed by atoms with Crippen LogP contribution < -0.4 is 4.74 Å². The lowest BCUT2D eigenvalue weighted by molar-refractivity contribution is -0.0728. The van der Waals surface area contributed by atoms with Crippen molar-refractivity contribution in [1.82, 2.24) is 19.6 Å². The fourth-order valence-electron chi connectivity index (χ4n) is 4.60. The van der Waals surface area contributed by atoms with Crippen LogP contribution in [0.2, 0.25) is 0 Å². The van der Waals surface area contributed by atoms with E-state index in [1.54, 1.807) is 17.9 Å². The average molecular weight is 413 g/mol. The Hall–Kier alpha value is -2.38. The first-order valence-electron chi connectivity index (χ1n) is 10.9. The highest BCUT2D eigenvalue weighted by Crippen LogP contribution is 2.22. The van der Waals surface area contributed by atoms with E-state index in [-0.39, 0.29) is 5.91 Å². The Morgan fingerprint density at radius 3 is 2.40 bits per heavy atom. The SMILES string of the molecule is COc1ccc(-n2ccc(C(=O)N3CCC(CN4CC(C)OC(C)C4)CC3)n2)cc1. The molecular formula is C23H32N4O3. The maximum atomic E-state index is 12.9. The van der Waals surface area contributed by atoms with Gasteiger partial charge in [-0.1, -0.05) is 0 Å². The van der Waals surface area contributed by atoms with Crippen LogP contribution in [0.15, 0.2) is 36.5 Å². The molecule has 2 aliphatic rings. The molecule has 162 valence electrons. The Morgan fingerprint density at radius 1 is 1.10 bits per heavy atom. The van der Waals surface area contributed by atoms with Crippen LogP contribution in [-0.2, 0) is 4.74 Å². The summed E-state index contributed by atoms with van der Waals surface area (Å²) < 4.78 is 12.8. The van der Waals surface area contributed by atoms with Crippen LogP contribution in [-0.4, -0.2) is 77.5 Å². The van der Waals surface area contributed by atoms with Gasteiger partial charge in [-0.15, -0.1) is 0 Å². The number of ether oxygens (including phenoxy) is 2. The summed E-state index contributed by atoms with van der Waals surface area (Å²) >= 11 is 0. The molecule has 0 N–H and O–H groups in total. The molecule has 0 saturated carbocycles. The Morgan fingerprint density at radius 2 is 1.77 bits per heavy atom. The highest BCUT2D eigenvalue weighted by molar-refractivity contribution is 5.92. The summed E-state index contributed by atoms with van der Waals surface area (Å²) in [5.41, 5.74) is 1.41. The fourth-order valence-corrected chi connectivity index (χ4v) is 4.60. The Kier molecular flexibility index (Phi) is 6.39. The van der Waals surface area contributed by atoms with Gasteiger partial charge in [0.05, 0.1) is 25.0 Å². The number of morpholine rings is 1. The van der Waals surface area contributed by atoms with Crippen LogP contribution in [0.5, 0.6) is 5.75 Å². The van der Waals surface area contributed by atoms with Gasteiger partial charge in [0.15, 0.2) is 5.69 Å². The number of likely N-dealkylation sites (tertiary alicyclic amines) is 1. The number of piperidine rings is 1. The zero-order valence-corrected chi connectivity index (χ0v) is 18.2. The van der Waals surface area contributed by atoms with E-state index in [9.17, 15) is 4.79 Å². The largest absolute Gasteiger partial charge is 0.497 e. The Balaban J connectivity index is 1.30. The van der Waals surface area contributed by atoms with Crippen molar-refractivity contribution in [2.24, 2.45) is 5.92 Å². The second-order valence-corrected chi connectivity index (χ2v) is 8.56. The fraction of sp³-hybridized carbons (Fsp3) is 0.565. The number of amides is 1. The molecule has 2 aliphatic heterocycles. The van der Waals surface area contributed by atoms with Gasteiger partial charge in [-0.2, -0.15) is 5.10 Å². The number of rotatable bonds is 5. The lowest BCUT2D eigenvalue weighted by Gasteiger charge is -2.39. The first kappa shape index (κ1) is 20.9. The van der Waals surface area contributed by atoms with Gasteiger partial charge in [0.1, 0.15) is 5.75 Å². The van der Waals surface area contributed by atoms with Crippen molar-refractivity contribution in [2.45, 2.75) is 38.9 Å². The third kappa shape index (κ3) is 4.84. The van der Waals surface area contributed by atoms with Crippen molar-refractivity contribution in [3.05, 3.63) is 42.2 Å². The van der Waals surface area contributed by atoms with E-state index < -0.39 is 0 Å². The van der Waals surface area contributed by atoms with Gasteiger partial charge in [-0.25, -0.2) is 4.68 Å². The van der Waals surface area contributed by atoms with Crippen molar-refractivity contribution in [1.29, 1.82) is 0 Å². The number of hydrogen-bond acceptors (Lipinski definition) is 5. The summed E-state index contributed by atoms with van der Waals surface area (Å²) in [7, 11) is 1.64. The quantitative estimate of drug-likeness (QED) is 0.756. The number of hydrogen-bond donors (Lipinski definition) is 0. The van der Waals surface area contributed by atoms with Crippen LogP contribution >= 0.6 is 0 Å². The van der Waals surface area contributed by atoms with Crippen LogP contribution in [0.4, 0.5) is 0 Å². The number of carbonyl (C=O) groups is 1. The van der Waals surface area contributed by atoms with E-state index in [4.69, 9.17) is 9.47 Å². The molecule has 30 heavy (non-hydrogen) atoms. The summed E-state index contributed by atoms with van der Waals surface area (Å²) in [6.07, 6.45) is 4.53. The molecule has 1 aromatic heterocycles. The molecule has 2 aromatic rings. The number of aromatic nitrogens is 2. The predicted octanol–water partition coefficient (Wildman–Crippen LogP) is 2.84. The molecular weight excluding hydrogens is 380 g/mol. The predicted molar refractivity (Wildman–Crippen MR) is 115 cm³/mol. The van der Waals surface area contributed by atoms with E-state index in [0.717, 1.165) is 57.0 Å². The zero-order chi connectivity index (χ0) is 21.1. The van der Waals surface area contributed by atoms with Crippen LogP contribution in [0.25, 0.3) is 5.69 Å². The molecule has 1 amide bonds. The van der Waals surface area contributed by atoms with E-state index in [0.29, 0.717) is 23.8 Å². The Bertz CT molecular complexity index is 832. The summed E-state index contributed by atoms with van der Waals surface area (Å²) in [6.45, 7) is 9.01. The first-order valence-corrected chi connectivity index (χ1v) is 10.9. The van der Waals surface area contributed by atoms with Crippen molar-refractivity contribution in [3.8, 4) is 11.4 Å². The van der Waals surface area contributed by atoms with Gasteiger partial charge in [0, 0.05) is 38.9 Å². The lowest BCUT2D eigenvalue weighted by Crippen LogP contribution is -2.48. The number of methoxy groups -OCH3 is 1. The van der Waals surface area contributed by atoms with Crippen molar-refractivity contribution in [2.75, 3.05) is 39.8 Å². The van der Waals surface area contributed by atoms with Crippen LogP contribution in [0, 0.1) is 5.92 Å². The van der Waals surface area contributed by atoms with Crippen molar-refractivity contribution >= 4 is 5.91 Å². The summed E-state index contributed by atoms with van der Waals surface area (Å²) in [5, 5.41) is 4.50. The molecule has 1 aromatic carbocycles. The third-order valence-corrected chi connectivity index (χ3v) is 6.06. The van der Waals surface area contributed by atoms with Gasteiger partial charge in [-0.3, -0.25) is 9.69 Å². The monoisotopic (exact) mass is 412 g/mol. The maximum absolute atomic E-state index is 12.9. The molecule has 2 saturated heterocycles. The molecule has 3 heterocycles. The van der Waals surface area contributed by atoms with E-state index in [1.807, 2.05) is 35.4 Å². The standard InChI is InChI=1S/C23H32N4O3/c1-17-14-25(15-18(2)30-17)16-19-8-11-26(12-9-19)23(28)22-10-13-27(24-22)20-4-6-21(29-3)7-5-20/h4-7,10,13,17-19H,8-9,11-12,14-16H2,1-3H3. The number of carbonyl (C=O) groups excluding carboxylic acids is 1. The topological polar surface area (TPSA) is 59.8 Å². The molecule has 4 rings (SSSR count). The Labute approximate surface area is 178 Å². The van der Waals surface area contributed by atoms with E-state index in [2.05, 4.69) is 23.8 Å².